The Labute approximate surface area is 109 Å². The number of ether oxygens (including phenoxy) is 2. The van der Waals surface area contributed by atoms with Crippen LogP contribution >= 0.6 is 0 Å². The lowest BCUT2D eigenvalue weighted by atomic mass is 9.97. The molecule has 1 atom stereocenters. The van der Waals surface area contributed by atoms with Gasteiger partial charge in [-0.1, -0.05) is 26.0 Å². The maximum Gasteiger partial charge on any atom is 0.573 e. The topological polar surface area (TPSA) is 35.5 Å². The van der Waals surface area contributed by atoms with Crippen molar-refractivity contribution in [3.63, 3.8) is 0 Å². The maximum absolute atomic E-state index is 12.1. The van der Waals surface area contributed by atoms with Crippen LogP contribution in [-0.4, -0.2) is 25.4 Å². The van der Waals surface area contributed by atoms with Crippen LogP contribution in [-0.2, 0) is 4.74 Å². The molecule has 0 bridgehead atoms. The average molecular weight is 276 g/mol. The Morgan fingerprint density at radius 1 is 1.26 bits per heavy atom. The number of carbonyl (C=O) groups is 1. The van der Waals surface area contributed by atoms with Crippen molar-refractivity contribution in [1.29, 1.82) is 0 Å². The standard InChI is InChI=1S/C13H15F3O3/c1-8(2)12(18-3)11(17)9-5-4-6-10(7-9)19-13(14,15)16/h4-8,12H,1-3H3. The summed E-state index contributed by atoms with van der Waals surface area (Å²) in [6.07, 6.45) is -5.47. The Kier molecular flexibility index (Phi) is 4.94. The minimum absolute atomic E-state index is 0.0790. The van der Waals surface area contributed by atoms with E-state index in [1.54, 1.807) is 13.8 Å². The number of alkyl halides is 3. The number of Topliss-reactive ketones (excluding diaryl/α,β-unsaturated/α-hetero) is 1. The molecule has 1 aromatic rings. The minimum atomic E-state index is -4.78. The molecule has 1 rings (SSSR count). The zero-order valence-electron chi connectivity index (χ0n) is 10.8. The molecular formula is C13H15F3O3. The van der Waals surface area contributed by atoms with E-state index in [2.05, 4.69) is 4.74 Å². The van der Waals surface area contributed by atoms with E-state index in [4.69, 9.17) is 4.74 Å². The third kappa shape index (κ3) is 4.55. The summed E-state index contributed by atoms with van der Waals surface area (Å²) in [4.78, 5) is 12.1. The summed E-state index contributed by atoms with van der Waals surface area (Å²) in [7, 11) is 1.39. The fourth-order valence-electron chi connectivity index (χ4n) is 1.69. The molecule has 0 aliphatic carbocycles. The van der Waals surface area contributed by atoms with Crippen LogP contribution in [0.15, 0.2) is 24.3 Å². The normalized spacial score (nSPS) is 13.4. The van der Waals surface area contributed by atoms with Gasteiger partial charge in [0.1, 0.15) is 11.9 Å². The van der Waals surface area contributed by atoms with Gasteiger partial charge in [0, 0.05) is 12.7 Å². The van der Waals surface area contributed by atoms with Gasteiger partial charge in [-0.15, -0.1) is 13.2 Å². The largest absolute Gasteiger partial charge is 0.573 e. The van der Waals surface area contributed by atoms with Crippen LogP contribution in [0.25, 0.3) is 0 Å². The first kappa shape index (κ1) is 15.5. The van der Waals surface area contributed by atoms with E-state index < -0.39 is 18.2 Å². The SMILES string of the molecule is COC(C(=O)c1cccc(OC(F)(F)F)c1)C(C)C. The van der Waals surface area contributed by atoms with E-state index in [0.717, 1.165) is 12.1 Å². The van der Waals surface area contributed by atoms with Crippen LogP contribution < -0.4 is 4.74 Å². The molecule has 0 aliphatic heterocycles. The smallest absolute Gasteiger partial charge is 0.406 e. The molecule has 0 N–H and O–H groups in total. The predicted octanol–water partition coefficient (Wildman–Crippen LogP) is 3.44. The van der Waals surface area contributed by atoms with Gasteiger partial charge in [0.2, 0.25) is 0 Å². The molecule has 0 saturated carbocycles. The molecule has 0 spiro atoms. The second-order valence-corrected chi connectivity index (χ2v) is 4.34. The zero-order chi connectivity index (χ0) is 14.6. The highest BCUT2D eigenvalue weighted by Gasteiger charge is 2.31. The summed E-state index contributed by atoms with van der Waals surface area (Å²) in [6, 6.07) is 4.97. The number of benzene rings is 1. The predicted molar refractivity (Wildman–Crippen MR) is 63.1 cm³/mol. The van der Waals surface area contributed by atoms with Crippen molar-refractivity contribution in [2.75, 3.05) is 7.11 Å². The molecule has 19 heavy (non-hydrogen) atoms. The fraction of sp³-hybridized carbons (Fsp3) is 0.462. The Bertz CT molecular complexity index is 441. The highest BCUT2D eigenvalue weighted by molar-refractivity contribution is 5.99. The molecule has 0 aromatic heterocycles. The van der Waals surface area contributed by atoms with Gasteiger partial charge in [-0.3, -0.25) is 4.79 Å². The molecule has 3 nitrogen and oxygen atoms in total. The Hall–Kier alpha value is -1.56. The van der Waals surface area contributed by atoms with Crippen LogP contribution in [0.5, 0.6) is 5.75 Å². The number of ketones is 1. The van der Waals surface area contributed by atoms with Crippen molar-refractivity contribution in [3.8, 4) is 5.75 Å². The van der Waals surface area contributed by atoms with Crippen molar-refractivity contribution < 1.29 is 27.4 Å². The van der Waals surface area contributed by atoms with Crippen LogP contribution in [0.1, 0.15) is 24.2 Å². The molecule has 0 saturated heterocycles. The van der Waals surface area contributed by atoms with E-state index in [1.165, 1.54) is 19.2 Å². The van der Waals surface area contributed by atoms with E-state index in [1.807, 2.05) is 0 Å². The number of hydrogen-bond donors (Lipinski definition) is 0. The van der Waals surface area contributed by atoms with E-state index in [-0.39, 0.29) is 17.3 Å². The second kappa shape index (κ2) is 6.06. The van der Waals surface area contributed by atoms with Crippen molar-refractivity contribution >= 4 is 5.78 Å². The monoisotopic (exact) mass is 276 g/mol. The van der Waals surface area contributed by atoms with Gasteiger partial charge in [0.15, 0.2) is 5.78 Å². The summed E-state index contributed by atoms with van der Waals surface area (Å²) in [5, 5.41) is 0. The molecule has 0 heterocycles. The summed E-state index contributed by atoms with van der Waals surface area (Å²) >= 11 is 0. The summed E-state index contributed by atoms with van der Waals surface area (Å²) < 4.78 is 45.1. The zero-order valence-corrected chi connectivity index (χ0v) is 10.8. The van der Waals surface area contributed by atoms with Gasteiger partial charge < -0.3 is 9.47 Å². The minimum Gasteiger partial charge on any atom is -0.406 e. The van der Waals surface area contributed by atoms with E-state index >= 15 is 0 Å². The summed E-state index contributed by atoms with van der Waals surface area (Å²) in [5.74, 6) is -0.869. The Morgan fingerprint density at radius 3 is 2.37 bits per heavy atom. The molecule has 1 aromatic carbocycles. The summed E-state index contributed by atoms with van der Waals surface area (Å²) in [6.45, 7) is 3.59. The number of carbonyl (C=O) groups excluding carboxylic acids is 1. The third-order valence-electron chi connectivity index (χ3n) is 2.47. The van der Waals surface area contributed by atoms with Crippen molar-refractivity contribution in [3.05, 3.63) is 29.8 Å². The molecule has 0 amide bonds. The number of methoxy groups -OCH3 is 1. The number of halogens is 3. The molecule has 0 fully saturated rings. The van der Waals surface area contributed by atoms with Gasteiger partial charge in [-0.05, 0) is 18.1 Å². The average Bonchev–Trinajstić information content (AvgIpc) is 2.27. The Morgan fingerprint density at radius 2 is 1.89 bits per heavy atom. The van der Waals surface area contributed by atoms with Crippen molar-refractivity contribution in [1.82, 2.24) is 0 Å². The van der Waals surface area contributed by atoms with Gasteiger partial charge >= 0.3 is 6.36 Å². The molecule has 0 radical (unpaired) electrons. The second-order valence-electron chi connectivity index (χ2n) is 4.34. The lowest BCUT2D eigenvalue weighted by Crippen LogP contribution is -2.28. The van der Waals surface area contributed by atoms with Gasteiger partial charge in [0.25, 0.3) is 0 Å². The first-order valence-electron chi connectivity index (χ1n) is 5.67. The van der Waals surface area contributed by atoms with Crippen molar-refractivity contribution in [2.45, 2.75) is 26.3 Å². The van der Waals surface area contributed by atoms with Gasteiger partial charge in [-0.25, -0.2) is 0 Å². The summed E-state index contributed by atoms with van der Waals surface area (Å²) in [5.41, 5.74) is 0.127. The van der Waals surface area contributed by atoms with Crippen molar-refractivity contribution in [2.24, 2.45) is 5.92 Å². The van der Waals surface area contributed by atoms with E-state index in [0.29, 0.717) is 0 Å². The van der Waals surface area contributed by atoms with E-state index in [9.17, 15) is 18.0 Å². The molecule has 0 aliphatic rings. The first-order chi connectivity index (χ1) is 8.74. The molecule has 6 heteroatoms. The lowest BCUT2D eigenvalue weighted by Gasteiger charge is -2.18. The number of rotatable bonds is 5. The van der Waals surface area contributed by atoms with Crippen LogP contribution in [0.4, 0.5) is 13.2 Å². The van der Waals surface area contributed by atoms with Gasteiger partial charge in [-0.2, -0.15) is 0 Å². The lowest BCUT2D eigenvalue weighted by molar-refractivity contribution is -0.274. The van der Waals surface area contributed by atoms with Crippen LogP contribution in [0, 0.1) is 5.92 Å². The highest BCUT2D eigenvalue weighted by Crippen LogP contribution is 2.24. The molecular weight excluding hydrogens is 261 g/mol. The number of hydrogen-bond acceptors (Lipinski definition) is 3. The van der Waals surface area contributed by atoms with Gasteiger partial charge in [0.05, 0.1) is 0 Å². The highest BCUT2D eigenvalue weighted by atomic mass is 19.4. The third-order valence-corrected chi connectivity index (χ3v) is 2.47. The fourth-order valence-corrected chi connectivity index (χ4v) is 1.69. The quantitative estimate of drug-likeness (QED) is 0.773. The molecule has 106 valence electrons. The van der Waals surface area contributed by atoms with Crippen LogP contribution in [0.2, 0.25) is 0 Å². The first-order valence-corrected chi connectivity index (χ1v) is 5.67. The maximum atomic E-state index is 12.1. The Balaban J connectivity index is 2.96. The van der Waals surface area contributed by atoms with Crippen LogP contribution in [0.3, 0.4) is 0 Å². The molecule has 1 unspecified atom stereocenters.